The molecule has 1 heterocycles. The molecule has 1 amide bonds. The largest absolute Gasteiger partial charge is 0.330 e. The molecule has 4 nitrogen and oxygen atoms in total. The molecule has 1 aliphatic carbocycles. The van der Waals surface area contributed by atoms with Gasteiger partial charge in [-0.3, -0.25) is 9.80 Å². The van der Waals surface area contributed by atoms with Gasteiger partial charge in [0.2, 0.25) is 5.91 Å². The van der Waals surface area contributed by atoms with Crippen molar-refractivity contribution < 1.29 is 4.79 Å². The van der Waals surface area contributed by atoms with Gasteiger partial charge in [0.15, 0.2) is 0 Å². The summed E-state index contributed by atoms with van der Waals surface area (Å²) >= 11 is 0. The number of carbonyl (C=O) groups excluding carboxylic acids is 1. The molecule has 0 aromatic heterocycles. The highest BCUT2D eigenvalue weighted by molar-refractivity contribution is 5.78. The fourth-order valence-electron chi connectivity index (χ4n) is 2.59. The Hall–Kier alpha value is -0.610. The molecule has 1 saturated heterocycles. The van der Waals surface area contributed by atoms with Crippen LogP contribution in [0, 0.1) is 5.92 Å². The number of nitrogens with zero attached hydrogens (tertiary/aromatic N) is 2. The van der Waals surface area contributed by atoms with Gasteiger partial charge in [0.1, 0.15) is 0 Å². The van der Waals surface area contributed by atoms with Crippen molar-refractivity contribution in [2.75, 3.05) is 20.1 Å². The summed E-state index contributed by atoms with van der Waals surface area (Å²) in [5.74, 6) is 1.03. The number of hydrogen-bond donors (Lipinski definition) is 1. The minimum absolute atomic E-state index is 0.280. The highest BCUT2D eigenvalue weighted by Gasteiger charge is 2.40. The number of hydrogen-bond acceptors (Lipinski definition) is 3. The average Bonchev–Trinajstić information content (AvgIpc) is 2.38. The second-order valence-electron chi connectivity index (χ2n) is 4.70. The predicted octanol–water partition coefficient (Wildman–Crippen LogP) is 0.583. The third-order valence-electron chi connectivity index (χ3n) is 3.80. The van der Waals surface area contributed by atoms with Crippen molar-refractivity contribution in [1.82, 2.24) is 10.0 Å². The van der Waals surface area contributed by atoms with Gasteiger partial charge >= 0.3 is 0 Å². The lowest BCUT2D eigenvalue weighted by Crippen LogP contribution is -2.44. The zero-order chi connectivity index (χ0) is 10.8. The lowest BCUT2D eigenvalue weighted by atomic mass is 9.79. The third-order valence-corrected chi connectivity index (χ3v) is 3.80. The Balaban J connectivity index is 1.92. The minimum atomic E-state index is 0.280. The maximum atomic E-state index is 11.8. The van der Waals surface area contributed by atoms with E-state index >= 15 is 0 Å². The third kappa shape index (κ3) is 2.01. The molecular weight excluding hydrogens is 190 g/mol. The van der Waals surface area contributed by atoms with E-state index in [9.17, 15) is 4.79 Å². The van der Waals surface area contributed by atoms with Crippen LogP contribution in [0.4, 0.5) is 0 Å². The van der Waals surface area contributed by atoms with Gasteiger partial charge in [-0.1, -0.05) is 6.42 Å². The van der Waals surface area contributed by atoms with Gasteiger partial charge in [-0.05, 0) is 31.7 Å². The van der Waals surface area contributed by atoms with Crippen LogP contribution in [0.15, 0.2) is 0 Å². The summed E-state index contributed by atoms with van der Waals surface area (Å²) in [7, 11) is 2.05. The molecule has 2 N–H and O–H groups in total. The molecular formula is C11H21N3O. The Morgan fingerprint density at radius 2 is 2.20 bits per heavy atom. The first kappa shape index (κ1) is 10.9. The molecule has 1 unspecified atom stereocenters. The van der Waals surface area contributed by atoms with Gasteiger partial charge in [0.05, 0.1) is 0 Å². The van der Waals surface area contributed by atoms with Crippen LogP contribution in [-0.4, -0.2) is 42.1 Å². The number of carbonyl (C=O) groups is 1. The molecule has 2 fully saturated rings. The van der Waals surface area contributed by atoms with E-state index < -0.39 is 0 Å². The summed E-state index contributed by atoms with van der Waals surface area (Å²) in [6.45, 7) is 1.45. The van der Waals surface area contributed by atoms with E-state index in [2.05, 4.69) is 5.01 Å². The summed E-state index contributed by atoms with van der Waals surface area (Å²) in [6.07, 6.45) is 5.55. The molecule has 1 aliphatic heterocycles. The number of rotatable bonds is 4. The van der Waals surface area contributed by atoms with Crippen molar-refractivity contribution in [3.8, 4) is 0 Å². The van der Waals surface area contributed by atoms with Crippen LogP contribution in [0.2, 0.25) is 0 Å². The Morgan fingerprint density at radius 3 is 2.73 bits per heavy atom. The standard InChI is InChI=1S/C11H21N3O/c1-13-10(9-4-2-5-9)8-11(15)14(13)7-3-6-12/h9-10H,2-8,12H2,1H3. The van der Waals surface area contributed by atoms with Crippen LogP contribution in [0.25, 0.3) is 0 Å². The highest BCUT2D eigenvalue weighted by Crippen LogP contribution is 2.36. The normalized spacial score (nSPS) is 28.5. The topological polar surface area (TPSA) is 49.6 Å². The van der Waals surface area contributed by atoms with Gasteiger partial charge in [-0.15, -0.1) is 0 Å². The van der Waals surface area contributed by atoms with E-state index in [0.29, 0.717) is 19.0 Å². The van der Waals surface area contributed by atoms with Gasteiger partial charge in [-0.2, -0.15) is 0 Å². The van der Waals surface area contributed by atoms with Crippen LogP contribution in [0.3, 0.4) is 0 Å². The zero-order valence-corrected chi connectivity index (χ0v) is 9.48. The second-order valence-corrected chi connectivity index (χ2v) is 4.70. The van der Waals surface area contributed by atoms with E-state index in [1.165, 1.54) is 19.3 Å². The number of nitrogens with two attached hydrogens (primary N) is 1. The Bertz CT molecular complexity index is 240. The smallest absolute Gasteiger partial charge is 0.238 e. The van der Waals surface area contributed by atoms with Crippen LogP contribution in [0.1, 0.15) is 32.1 Å². The highest BCUT2D eigenvalue weighted by atomic mass is 16.2. The summed E-state index contributed by atoms with van der Waals surface area (Å²) < 4.78 is 0. The predicted molar refractivity (Wildman–Crippen MR) is 58.9 cm³/mol. The number of hydrazine groups is 1. The maximum Gasteiger partial charge on any atom is 0.238 e. The van der Waals surface area contributed by atoms with Crippen LogP contribution in [-0.2, 0) is 4.79 Å². The van der Waals surface area contributed by atoms with Gasteiger partial charge in [0, 0.05) is 26.1 Å². The Kier molecular flexibility index (Phi) is 3.26. The van der Waals surface area contributed by atoms with Gasteiger partial charge < -0.3 is 5.73 Å². The van der Waals surface area contributed by atoms with Crippen LogP contribution >= 0.6 is 0 Å². The molecule has 0 spiro atoms. The molecule has 2 aliphatic rings. The molecule has 0 bridgehead atoms. The minimum Gasteiger partial charge on any atom is -0.330 e. The lowest BCUT2D eigenvalue weighted by Gasteiger charge is -2.37. The summed E-state index contributed by atoms with van der Waals surface area (Å²) in [4.78, 5) is 11.8. The molecule has 0 aromatic rings. The first-order valence-corrected chi connectivity index (χ1v) is 5.97. The van der Waals surface area contributed by atoms with E-state index in [4.69, 9.17) is 5.73 Å². The second kappa shape index (κ2) is 4.49. The molecule has 86 valence electrons. The fourth-order valence-corrected chi connectivity index (χ4v) is 2.59. The molecule has 15 heavy (non-hydrogen) atoms. The molecule has 0 aromatic carbocycles. The van der Waals surface area contributed by atoms with Crippen molar-refractivity contribution in [1.29, 1.82) is 0 Å². The summed E-state index contributed by atoms with van der Waals surface area (Å²) in [5, 5.41) is 4.04. The summed E-state index contributed by atoms with van der Waals surface area (Å²) in [5.41, 5.74) is 5.47. The van der Waals surface area contributed by atoms with Crippen molar-refractivity contribution in [2.24, 2.45) is 11.7 Å². The Labute approximate surface area is 91.4 Å². The zero-order valence-electron chi connectivity index (χ0n) is 9.48. The van der Waals surface area contributed by atoms with E-state index in [-0.39, 0.29) is 5.91 Å². The maximum absolute atomic E-state index is 11.8. The molecule has 1 atom stereocenters. The molecule has 2 rings (SSSR count). The van der Waals surface area contributed by atoms with Crippen molar-refractivity contribution in [2.45, 2.75) is 38.1 Å². The Morgan fingerprint density at radius 1 is 1.47 bits per heavy atom. The SMILES string of the molecule is CN1C(C2CCC2)CC(=O)N1CCCN. The van der Waals surface area contributed by atoms with Crippen LogP contribution < -0.4 is 5.73 Å². The van der Waals surface area contributed by atoms with Gasteiger partial charge in [0.25, 0.3) is 0 Å². The van der Waals surface area contributed by atoms with Crippen molar-refractivity contribution in [3.05, 3.63) is 0 Å². The molecule has 4 heteroatoms. The quantitative estimate of drug-likeness (QED) is 0.740. The molecule has 1 saturated carbocycles. The monoisotopic (exact) mass is 211 g/mol. The van der Waals surface area contributed by atoms with Crippen molar-refractivity contribution in [3.63, 3.8) is 0 Å². The van der Waals surface area contributed by atoms with Crippen LogP contribution in [0.5, 0.6) is 0 Å². The first-order chi connectivity index (χ1) is 7.24. The lowest BCUT2D eigenvalue weighted by molar-refractivity contribution is -0.137. The molecule has 0 radical (unpaired) electrons. The average molecular weight is 211 g/mol. The first-order valence-electron chi connectivity index (χ1n) is 5.97. The van der Waals surface area contributed by atoms with E-state index in [1.54, 1.807) is 0 Å². The van der Waals surface area contributed by atoms with E-state index in [0.717, 1.165) is 18.9 Å². The summed E-state index contributed by atoms with van der Waals surface area (Å²) in [6, 6.07) is 0.462. The van der Waals surface area contributed by atoms with Crippen molar-refractivity contribution >= 4 is 5.91 Å². The fraction of sp³-hybridized carbons (Fsp3) is 0.909. The van der Waals surface area contributed by atoms with Gasteiger partial charge in [-0.25, -0.2) is 5.01 Å². The van der Waals surface area contributed by atoms with E-state index in [1.807, 2.05) is 12.1 Å². The number of amides is 1.